The molecule has 0 bridgehead atoms. The van der Waals surface area contributed by atoms with Gasteiger partial charge in [0, 0.05) is 28.3 Å². The smallest absolute Gasteiger partial charge is 0.244 e. The first-order valence-electron chi connectivity index (χ1n) is 7.08. The molecule has 1 aliphatic heterocycles. The molecule has 0 spiro atoms. The third-order valence-electron chi connectivity index (χ3n) is 3.59. The molecule has 1 aliphatic rings. The highest BCUT2D eigenvalue weighted by Gasteiger charge is 2.21. The van der Waals surface area contributed by atoms with Crippen LogP contribution < -0.4 is 5.32 Å². The fourth-order valence-corrected chi connectivity index (χ4v) is 3.26. The number of benzene rings is 1. The summed E-state index contributed by atoms with van der Waals surface area (Å²) in [7, 11) is 0. The SMILES string of the molecule is CC(Nc1ccc(Cl)cc1Br)C(=O)N1CCCCCC1. The molecule has 0 aromatic heterocycles. The van der Waals surface area contributed by atoms with Crippen LogP contribution in [0.3, 0.4) is 0 Å². The van der Waals surface area contributed by atoms with Crippen LogP contribution in [0.2, 0.25) is 5.02 Å². The minimum Gasteiger partial charge on any atom is -0.373 e. The van der Waals surface area contributed by atoms with Gasteiger partial charge in [0.25, 0.3) is 0 Å². The van der Waals surface area contributed by atoms with E-state index in [1.165, 1.54) is 12.8 Å². The molecular weight excluding hydrogens is 340 g/mol. The van der Waals surface area contributed by atoms with Crippen molar-refractivity contribution in [3.63, 3.8) is 0 Å². The maximum atomic E-state index is 12.5. The van der Waals surface area contributed by atoms with Crippen LogP contribution in [0.1, 0.15) is 32.6 Å². The van der Waals surface area contributed by atoms with Crippen molar-refractivity contribution in [3.05, 3.63) is 27.7 Å². The third-order valence-corrected chi connectivity index (χ3v) is 4.48. The number of likely N-dealkylation sites (tertiary alicyclic amines) is 1. The van der Waals surface area contributed by atoms with Gasteiger partial charge >= 0.3 is 0 Å². The summed E-state index contributed by atoms with van der Waals surface area (Å²) in [5, 5.41) is 3.93. The Morgan fingerprint density at radius 2 is 1.95 bits per heavy atom. The van der Waals surface area contributed by atoms with Crippen molar-refractivity contribution in [2.24, 2.45) is 0 Å². The number of hydrogen-bond acceptors (Lipinski definition) is 2. The zero-order valence-corrected chi connectivity index (χ0v) is 14.0. The van der Waals surface area contributed by atoms with Gasteiger partial charge in [0.05, 0.1) is 0 Å². The number of carbonyl (C=O) groups is 1. The zero-order chi connectivity index (χ0) is 14.5. The minimum absolute atomic E-state index is 0.175. The number of anilines is 1. The van der Waals surface area contributed by atoms with Crippen LogP contribution >= 0.6 is 27.5 Å². The number of nitrogens with zero attached hydrogens (tertiary/aromatic N) is 1. The molecule has 0 radical (unpaired) electrons. The van der Waals surface area contributed by atoms with Gasteiger partial charge in [-0.1, -0.05) is 24.4 Å². The lowest BCUT2D eigenvalue weighted by Crippen LogP contribution is -2.41. The first-order valence-corrected chi connectivity index (χ1v) is 8.25. The second-order valence-corrected chi connectivity index (χ2v) is 6.52. The van der Waals surface area contributed by atoms with E-state index in [-0.39, 0.29) is 11.9 Å². The van der Waals surface area contributed by atoms with E-state index in [1.54, 1.807) is 0 Å². The lowest BCUT2D eigenvalue weighted by atomic mass is 10.2. The molecule has 1 fully saturated rings. The number of rotatable bonds is 3. The highest BCUT2D eigenvalue weighted by Crippen LogP contribution is 2.26. The summed E-state index contributed by atoms with van der Waals surface area (Å²) in [6, 6.07) is 5.30. The minimum atomic E-state index is -0.231. The summed E-state index contributed by atoms with van der Waals surface area (Å²) in [4.78, 5) is 14.4. The fourth-order valence-electron chi connectivity index (χ4n) is 2.47. The van der Waals surface area contributed by atoms with E-state index >= 15 is 0 Å². The van der Waals surface area contributed by atoms with Crippen molar-refractivity contribution in [1.82, 2.24) is 4.90 Å². The maximum Gasteiger partial charge on any atom is 0.244 e. The predicted octanol–water partition coefficient (Wildman–Crippen LogP) is 4.31. The van der Waals surface area contributed by atoms with Crippen LogP contribution in [0, 0.1) is 0 Å². The quantitative estimate of drug-likeness (QED) is 0.872. The Bertz CT molecular complexity index is 473. The van der Waals surface area contributed by atoms with E-state index in [1.807, 2.05) is 30.0 Å². The van der Waals surface area contributed by atoms with Gasteiger partial charge in [-0.25, -0.2) is 0 Å². The van der Waals surface area contributed by atoms with Crippen LogP contribution in [0.4, 0.5) is 5.69 Å². The maximum absolute atomic E-state index is 12.5. The summed E-state index contributed by atoms with van der Waals surface area (Å²) in [6.45, 7) is 3.67. The molecule has 1 saturated heterocycles. The Hall–Kier alpha value is -0.740. The fraction of sp³-hybridized carbons (Fsp3) is 0.533. The van der Waals surface area contributed by atoms with Crippen molar-refractivity contribution in [1.29, 1.82) is 0 Å². The molecule has 1 atom stereocenters. The molecule has 5 heteroatoms. The van der Waals surface area contributed by atoms with Crippen molar-refractivity contribution >= 4 is 39.1 Å². The lowest BCUT2D eigenvalue weighted by Gasteiger charge is -2.25. The molecule has 2 rings (SSSR count). The topological polar surface area (TPSA) is 32.3 Å². The van der Waals surface area contributed by atoms with E-state index < -0.39 is 0 Å². The largest absolute Gasteiger partial charge is 0.373 e. The molecule has 0 aliphatic carbocycles. The second-order valence-electron chi connectivity index (χ2n) is 5.23. The van der Waals surface area contributed by atoms with E-state index in [4.69, 9.17) is 11.6 Å². The summed E-state index contributed by atoms with van der Waals surface area (Å²) in [5.41, 5.74) is 0.894. The molecule has 110 valence electrons. The van der Waals surface area contributed by atoms with Crippen molar-refractivity contribution in [2.75, 3.05) is 18.4 Å². The van der Waals surface area contributed by atoms with Gasteiger partial charge in [0.15, 0.2) is 0 Å². The van der Waals surface area contributed by atoms with Crippen LogP contribution in [-0.2, 0) is 4.79 Å². The Labute approximate surface area is 133 Å². The molecule has 20 heavy (non-hydrogen) atoms. The van der Waals surface area contributed by atoms with Crippen molar-refractivity contribution in [2.45, 2.75) is 38.6 Å². The number of amides is 1. The molecule has 1 unspecified atom stereocenters. The molecule has 3 nitrogen and oxygen atoms in total. The van der Waals surface area contributed by atoms with Gasteiger partial charge in [-0.3, -0.25) is 4.79 Å². The number of nitrogens with one attached hydrogen (secondary N) is 1. The van der Waals surface area contributed by atoms with Crippen LogP contribution in [0.25, 0.3) is 0 Å². The first-order chi connectivity index (χ1) is 9.58. The van der Waals surface area contributed by atoms with Gasteiger partial charge in [-0.2, -0.15) is 0 Å². The first kappa shape index (κ1) is 15.6. The summed E-state index contributed by atoms with van der Waals surface area (Å²) in [6.07, 6.45) is 4.69. The van der Waals surface area contributed by atoms with E-state index in [9.17, 15) is 4.79 Å². The number of halogens is 2. The second kappa shape index (κ2) is 7.32. The highest BCUT2D eigenvalue weighted by molar-refractivity contribution is 9.10. The zero-order valence-electron chi connectivity index (χ0n) is 11.7. The standard InChI is InChI=1S/C15H20BrClN2O/c1-11(15(20)19-8-4-2-3-5-9-19)18-14-7-6-12(17)10-13(14)16/h6-7,10-11,18H,2-5,8-9H2,1H3. The van der Waals surface area contributed by atoms with Gasteiger partial charge in [-0.05, 0) is 53.9 Å². The Kier molecular flexibility index (Phi) is 5.73. The molecule has 1 N–H and O–H groups in total. The average molecular weight is 360 g/mol. The third kappa shape index (κ3) is 4.13. The Morgan fingerprint density at radius 3 is 2.55 bits per heavy atom. The van der Waals surface area contributed by atoms with Crippen LogP contribution in [0.15, 0.2) is 22.7 Å². The Balaban J connectivity index is 1.99. The summed E-state index contributed by atoms with van der Waals surface area (Å²) in [5.74, 6) is 0.175. The Morgan fingerprint density at radius 1 is 1.30 bits per heavy atom. The van der Waals surface area contributed by atoms with Gasteiger partial charge in [0.2, 0.25) is 5.91 Å². The molecule has 1 aromatic rings. The van der Waals surface area contributed by atoms with Gasteiger partial charge < -0.3 is 10.2 Å². The lowest BCUT2D eigenvalue weighted by molar-refractivity contribution is -0.131. The molecule has 0 saturated carbocycles. The van der Waals surface area contributed by atoms with Crippen LogP contribution in [-0.4, -0.2) is 29.9 Å². The van der Waals surface area contributed by atoms with Crippen molar-refractivity contribution < 1.29 is 4.79 Å². The molecular formula is C15H20BrClN2O. The highest BCUT2D eigenvalue weighted by atomic mass is 79.9. The van der Waals surface area contributed by atoms with Gasteiger partial charge in [-0.15, -0.1) is 0 Å². The normalized spacial score (nSPS) is 17.4. The van der Waals surface area contributed by atoms with Crippen molar-refractivity contribution in [3.8, 4) is 0 Å². The number of carbonyl (C=O) groups excluding carboxylic acids is 1. The summed E-state index contributed by atoms with van der Waals surface area (Å²) >= 11 is 9.38. The summed E-state index contributed by atoms with van der Waals surface area (Å²) < 4.78 is 0.875. The molecule has 1 heterocycles. The average Bonchev–Trinajstić information content (AvgIpc) is 2.70. The van der Waals surface area contributed by atoms with Crippen LogP contribution in [0.5, 0.6) is 0 Å². The number of hydrogen-bond donors (Lipinski definition) is 1. The van der Waals surface area contributed by atoms with E-state index in [0.29, 0.717) is 5.02 Å². The predicted molar refractivity (Wildman–Crippen MR) is 87.3 cm³/mol. The molecule has 1 amide bonds. The van der Waals surface area contributed by atoms with E-state index in [2.05, 4.69) is 21.2 Å². The monoisotopic (exact) mass is 358 g/mol. The van der Waals surface area contributed by atoms with Gasteiger partial charge in [0.1, 0.15) is 6.04 Å². The molecule has 1 aromatic carbocycles. The van der Waals surface area contributed by atoms with E-state index in [0.717, 1.165) is 36.1 Å².